The van der Waals surface area contributed by atoms with Crippen molar-refractivity contribution < 1.29 is 17.9 Å². The second-order valence-corrected chi connectivity index (χ2v) is 7.26. The van der Waals surface area contributed by atoms with Crippen LogP contribution in [0.15, 0.2) is 51.8 Å². The standard InChI is InChI=1S/C15H15BrN2O4S/c1-10(19)17-14-9-13(6-7-15(14)22-2)23(20,21)18-12-5-3-4-11(16)8-12/h3-9,18H,1-2H3,(H,17,19). The lowest BCUT2D eigenvalue weighted by Crippen LogP contribution is -2.14. The van der Waals surface area contributed by atoms with E-state index in [1.165, 1.54) is 32.2 Å². The van der Waals surface area contributed by atoms with E-state index in [1.807, 2.05) is 0 Å². The average molecular weight is 399 g/mol. The Morgan fingerprint density at radius 1 is 1.17 bits per heavy atom. The molecule has 0 bridgehead atoms. The second-order valence-electron chi connectivity index (χ2n) is 4.66. The molecular formula is C15H15BrN2O4S. The second kappa shape index (κ2) is 7.01. The Kier molecular flexibility index (Phi) is 5.27. The first kappa shape index (κ1) is 17.3. The van der Waals surface area contributed by atoms with Gasteiger partial charge in [-0.1, -0.05) is 22.0 Å². The van der Waals surface area contributed by atoms with Crippen LogP contribution < -0.4 is 14.8 Å². The molecule has 0 unspecified atom stereocenters. The van der Waals surface area contributed by atoms with E-state index < -0.39 is 10.0 Å². The van der Waals surface area contributed by atoms with Crippen molar-refractivity contribution in [2.24, 2.45) is 0 Å². The summed E-state index contributed by atoms with van der Waals surface area (Å²) >= 11 is 3.28. The maximum Gasteiger partial charge on any atom is 0.261 e. The van der Waals surface area contributed by atoms with E-state index in [-0.39, 0.29) is 16.5 Å². The fourth-order valence-electron chi connectivity index (χ4n) is 1.91. The summed E-state index contributed by atoms with van der Waals surface area (Å²) in [6, 6.07) is 11.0. The van der Waals surface area contributed by atoms with Crippen LogP contribution in [0, 0.1) is 0 Å². The minimum Gasteiger partial charge on any atom is -0.495 e. The maximum absolute atomic E-state index is 12.5. The quantitative estimate of drug-likeness (QED) is 0.809. The number of nitrogens with one attached hydrogen (secondary N) is 2. The number of amides is 1. The molecule has 0 atom stereocenters. The Morgan fingerprint density at radius 2 is 1.91 bits per heavy atom. The molecular weight excluding hydrogens is 384 g/mol. The number of anilines is 2. The van der Waals surface area contributed by atoms with Crippen molar-refractivity contribution in [3.63, 3.8) is 0 Å². The topological polar surface area (TPSA) is 84.5 Å². The number of methoxy groups -OCH3 is 1. The summed E-state index contributed by atoms with van der Waals surface area (Å²) in [5.41, 5.74) is 0.716. The van der Waals surface area contributed by atoms with Crippen LogP contribution in [-0.2, 0) is 14.8 Å². The van der Waals surface area contributed by atoms with Gasteiger partial charge in [0, 0.05) is 17.1 Å². The molecule has 0 aromatic heterocycles. The molecule has 122 valence electrons. The van der Waals surface area contributed by atoms with Crippen LogP contribution in [0.3, 0.4) is 0 Å². The van der Waals surface area contributed by atoms with Gasteiger partial charge in [-0.3, -0.25) is 9.52 Å². The zero-order chi connectivity index (χ0) is 17.0. The number of ether oxygens (including phenoxy) is 1. The van der Waals surface area contributed by atoms with E-state index in [2.05, 4.69) is 26.0 Å². The summed E-state index contributed by atoms with van der Waals surface area (Å²) in [7, 11) is -2.35. The number of halogens is 1. The molecule has 0 saturated carbocycles. The van der Waals surface area contributed by atoms with Crippen molar-refractivity contribution in [3.8, 4) is 5.75 Å². The minimum absolute atomic E-state index is 0.0158. The van der Waals surface area contributed by atoms with Gasteiger partial charge in [-0.25, -0.2) is 8.42 Å². The highest BCUT2D eigenvalue weighted by atomic mass is 79.9. The van der Waals surface area contributed by atoms with Gasteiger partial charge < -0.3 is 10.1 Å². The third-order valence-corrected chi connectivity index (χ3v) is 4.74. The zero-order valence-corrected chi connectivity index (χ0v) is 14.9. The lowest BCUT2D eigenvalue weighted by molar-refractivity contribution is -0.114. The Morgan fingerprint density at radius 3 is 2.52 bits per heavy atom. The summed E-state index contributed by atoms with van der Waals surface area (Å²) in [5, 5.41) is 2.55. The van der Waals surface area contributed by atoms with Crippen LogP contribution in [0.25, 0.3) is 0 Å². The molecule has 0 saturated heterocycles. The van der Waals surface area contributed by atoms with Crippen molar-refractivity contribution in [2.75, 3.05) is 17.1 Å². The van der Waals surface area contributed by atoms with E-state index in [9.17, 15) is 13.2 Å². The largest absolute Gasteiger partial charge is 0.495 e. The molecule has 0 spiro atoms. The molecule has 0 radical (unpaired) electrons. The van der Waals surface area contributed by atoms with Gasteiger partial charge in [0.25, 0.3) is 10.0 Å². The zero-order valence-electron chi connectivity index (χ0n) is 12.5. The van der Waals surface area contributed by atoms with Crippen LogP contribution in [0.5, 0.6) is 5.75 Å². The number of carbonyl (C=O) groups excluding carboxylic acids is 1. The summed E-state index contributed by atoms with van der Waals surface area (Å²) in [6.07, 6.45) is 0. The SMILES string of the molecule is COc1ccc(S(=O)(=O)Nc2cccc(Br)c2)cc1NC(C)=O. The van der Waals surface area contributed by atoms with Gasteiger partial charge in [0.05, 0.1) is 17.7 Å². The fraction of sp³-hybridized carbons (Fsp3) is 0.133. The number of sulfonamides is 1. The molecule has 0 heterocycles. The first-order valence-corrected chi connectivity index (χ1v) is 8.83. The van der Waals surface area contributed by atoms with Crippen LogP contribution in [-0.4, -0.2) is 21.4 Å². The molecule has 2 N–H and O–H groups in total. The minimum atomic E-state index is -3.79. The molecule has 2 aromatic rings. The lowest BCUT2D eigenvalue weighted by atomic mass is 10.3. The average Bonchev–Trinajstić information content (AvgIpc) is 2.46. The summed E-state index contributed by atoms with van der Waals surface area (Å²) < 4.78 is 33.3. The van der Waals surface area contributed by atoms with E-state index in [0.29, 0.717) is 11.4 Å². The van der Waals surface area contributed by atoms with Crippen LogP contribution in [0.2, 0.25) is 0 Å². The Hall–Kier alpha value is -2.06. The number of carbonyl (C=O) groups is 1. The lowest BCUT2D eigenvalue weighted by Gasteiger charge is -2.12. The Balaban J connectivity index is 2.37. The third-order valence-electron chi connectivity index (χ3n) is 2.87. The van der Waals surface area contributed by atoms with E-state index >= 15 is 0 Å². The molecule has 0 aliphatic heterocycles. The first-order valence-electron chi connectivity index (χ1n) is 6.56. The fourth-order valence-corrected chi connectivity index (χ4v) is 3.38. The van der Waals surface area contributed by atoms with Crippen LogP contribution in [0.1, 0.15) is 6.92 Å². The van der Waals surface area contributed by atoms with Crippen molar-refractivity contribution in [1.29, 1.82) is 0 Å². The van der Waals surface area contributed by atoms with Crippen molar-refractivity contribution in [1.82, 2.24) is 0 Å². The van der Waals surface area contributed by atoms with Gasteiger partial charge >= 0.3 is 0 Å². The number of rotatable bonds is 5. The van der Waals surface area contributed by atoms with E-state index in [0.717, 1.165) is 4.47 Å². The van der Waals surface area contributed by atoms with Gasteiger partial charge in [-0.05, 0) is 36.4 Å². The van der Waals surface area contributed by atoms with Gasteiger partial charge in [0.2, 0.25) is 5.91 Å². The number of hydrogen-bond acceptors (Lipinski definition) is 4. The maximum atomic E-state index is 12.5. The van der Waals surface area contributed by atoms with E-state index in [4.69, 9.17) is 4.74 Å². The van der Waals surface area contributed by atoms with Crippen LogP contribution >= 0.6 is 15.9 Å². The monoisotopic (exact) mass is 398 g/mol. The van der Waals surface area contributed by atoms with Crippen LogP contribution in [0.4, 0.5) is 11.4 Å². The molecule has 0 aliphatic carbocycles. The van der Waals surface area contributed by atoms with Gasteiger partial charge in [-0.15, -0.1) is 0 Å². The van der Waals surface area contributed by atoms with Crippen molar-refractivity contribution in [3.05, 3.63) is 46.9 Å². The molecule has 2 aromatic carbocycles. The van der Waals surface area contributed by atoms with Gasteiger partial charge in [0.15, 0.2) is 0 Å². The summed E-state index contributed by atoms with van der Waals surface area (Å²) in [6.45, 7) is 1.33. The number of benzene rings is 2. The molecule has 6 nitrogen and oxygen atoms in total. The molecule has 23 heavy (non-hydrogen) atoms. The molecule has 0 aliphatic rings. The van der Waals surface area contributed by atoms with Gasteiger partial charge in [0.1, 0.15) is 5.75 Å². The molecule has 2 rings (SSSR count). The predicted octanol–water partition coefficient (Wildman–Crippen LogP) is 3.22. The first-order chi connectivity index (χ1) is 10.8. The Bertz CT molecular complexity index is 837. The van der Waals surface area contributed by atoms with Crippen molar-refractivity contribution >= 4 is 43.2 Å². The third kappa shape index (κ3) is 4.46. The van der Waals surface area contributed by atoms with Crippen molar-refractivity contribution in [2.45, 2.75) is 11.8 Å². The highest BCUT2D eigenvalue weighted by molar-refractivity contribution is 9.10. The van der Waals surface area contributed by atoms with E-state index in [1.54, 1.807) is 24.3 Å². The highest BCUT2D eigenvalue weighted by Crippen LogP contribution is 2.28. The highest BCUT2D eigenvalue weighted by Gasteiger charge is 2.17. The smallest absolute Gasteiger partial charge is 0.261 e. The predicted molar refractivity (Wildman–Crippen MR) is 92.2 cm³/mol. The van der Waals surface area contributed by atoms with Gasteiger partial charge in [-0.2, -0.15) is 0 Å². The Labute approximate surface area is 143 Å². The normalized spacial score (nSPS) is 10.9. The molecule has 8 heteroatoms. The summed E-state index contributed by atoms with van der Waals surface area (Å²) in [4.78, 5) is 11.2. The molecule has 0 fully saturated rings. The summed E-state index contributed by atoms with van der Waals surface area (Å²) in [5.74, 6) is 0.0550. The number of hydrogen-bond donors (Lipinski definition) is 2. The molecule has 1 amide bonds.